The van der Waals surface area contributed by atoms with Gasteiger partial charge in [-0.25, -0.2) is 8.78 Å². The molecule has 2 N–H and O–H groups in total. The lowest BCUT2D eigenvalue weighted by molar-refractivity contribution is -0.161. The van der Waals surface area contributed by atoms with Gasteiger partial charge >= 0.3 is 6.04 Å². The van der Waals surface area contributed by atoms with Gasteiger partial charge in [-0.2, -0.15) is 4.39 Å². The molecule has 0 aliphatic heterocycles. The van der Waals surface area contributed by atoms with E-state index >= 15 is 0 Å². The number of hydrogen-bond donors (Lipinski definition) is 1. The number of carbonyl (C=O) groups excluding carboxylic acids is 1. The van der Waals surface area contributed by atoms with E-state index in [1.165, 1.54) is 6.92 Å². The minimum atomic E-state index is -2.87. The number of alkyl halides is 2. The molecule has 0 amide bonds. The van der Waals surface area contributed by atoms with Crippen molar-refractivity contribution in [2.24, 2.45) is 5.73 Å². The number of hydrogen-bond acceptors (Lipinski definition) is 3. The Hall–Kier alpha value is -0.330. The standard InChI is InChI=1S/C6H10F3NO2.ClH/c1-2-12-6(10,5(9)11)3-4(7)8;/h4H,2-3,10H2,1H3;1H. The van der Waals surface area contributed by atoms with Crippen LogP contribution in [0.25, 0.3) is 0 Å². The SMILES string of the molecule is CCOC(N)(CC(F)F)C(=O)F.Cl. The van der Waals surface area contributed by atoms with Crippen molar-refractivity contribution < 1.29 is 22.7 Å². The van der Waals surface area contributed by atoms with Crippen molar-refractivity contribution in [3.8, 4) is 0 Å². The third-order valence-electron chi connectivity index (χ3n) is 1.19. The van der Waals surface area contributed by atoms with Crippen LogP contribution in [0.2, 0.25) is 0 Å². The number of ether oxygens (including phenoxy) is 1. The second-order valence-corrected chi connectivity index (χ2v) is 2.19. The molecule has 0 spiro atoms. The maximum absolute atomic E-state index is 12.1. The molecular formula is C6H11ClF3NO2. The van der Waals surface area contributed by atoms with Crippen LogP contribution in [0.15, 0.2) is 0 Å². The van der Waals surface area contributed by atoms with Crippen molar-refractivity contribution in [1.82, 2.24) is 0 Å². The van der Waals surface area contributed by atoms with E-state index in [1.807, 2.05) is 0 Å². The summed E-state index contributed by atoms with van der Waals surface area (Å²) in [6, 6.07) is -2.08. The van der Waals surface area contributed by atoms with E-state index in [2.05, 4.69) is 4.74 Å². The summed E-state index contributed by atoms with van der Waals surface area (Å²) in [7, 11) is 0. The molecule has 7 heteroatoms. The largest absolute Gasteiger partial charge is 0.351 e. The Kier molecular flexibility index (Phi) is 7.20. The first kappa shape index (κ1) is 15.2. The summed E-state index contributed by atoms with van der Waals surface area (Å²) in [5.41, 5.74) is 2.44. The molecule has 1 atom stereocenters. The van der Waals surface area contributed by atoms with Gasteiger partial charge in [0, 0.05) is 6.61 Å². The van der Waals surface area contributed by atoms with Gasteiger partial charge in [-0.15, -0.1) is 12.4 Å². The smallest absolute Gasteiger partial charge is 0.347 e. The number of halogens is 4. The summed E-state index contributed by atoms with van der Waals surface area (Å²) in [4.78, 5) is 10.1. The zero-order chi connectivity index (χ0) is 9.78. The first-order valence-corrected chi connectivity index (χ1v) is 3.33. The van der Waals surface area contributed by atoms with E-state index in [0.29, 0.717) is 0 Å². The van der Waals surface area contributed by atoms with Crippen LogP contribution in [0.4, 0.5) is 13.2 Å². The summed E-state index contributed by atoms with van der Waals surface area (Å²) in [6.45, 7) is 1.33. The summed E-state index contributed by atoms with van der Waals surface area (Å²) in [5.74, 6) is 0. The Morgan fingerprint density at radius 1 is 1.62 bits per heavy atom. The Labute approximate surface area is 79.8 Å². The fourth-order valence-corrected chi connectivity index (χ4v) is 0.683. The predicted molar refractivity (Wildman–Crippen MR) is 42.5 cm³/mol. The van der Waals surface area contributed by atoms with Crippen LogP contribution in [0.3, 0.4) is 0 Å². The van der Waals surface area contributed by atoms with Crippen LogP contribution in [0, 0.1) is 0 Å². The van der Waals surface area contributed by atoms with Crippen LogP contribution in [0.5, 0.6) is 0 Å². The van der Waals surface area contributed by atoms with Gasteiger partial charge in [0.2, 0.25) is 12.2 Å². The Bertz CT molecular complexity index is 170. The van der Waals surface area contributed by atoms with Gasteiger partial charge in [0.05, 0.1) is 6.42 Å². The fraction of sp³-hybridized carbons (Fsp3) is 0.833. The first-order chi connectivity index (χ1) is 5.42. The molecule has 0 bridgehead atoms. The van der Waals surface area contributed by atoms with Crippen molar-refractivity contribution in [2.45, 2.75) is 25.5 Å². The van der Waals surface area contributed by atoms with Crippen LogP contribution >= 0.6 is 12.4 Å². The summed E-state index contributed by atoms with van der Waals surface area (Å²) < 4.78 is 39.9. The van der Waals surface area contributed by atoms with Crippen molar-refractivity contribution in [3.05, 3.63) is 0 Å². The molecule has 0 rings (SSSR count). The van der Waals surface area contributed by atoms with Gasteiger partial charge < -0.3 is 4.74 Å². The maximum Gasteiger partial charge on any atom is 0.347 e. The highest BCUT2D eigenvalue weighted by Crippen LogP contribution is 2.16. The van der Waals surface area contributed by atoms with Crippen LogP contribution in [-0.2, 0) is 9.53 Å². The van der Waals surface area contributed by atoms with Gasteiger partial charge in [0.1, 0.15) is 0 Å². The molecule has 0 aromatic heterocycles. The van der Waals surface area contributed by atoms with E-state index in [1.54, 1.807) is 0 Å². The van der Waals surface area contributed by atoms with E-state index in [9.17, 15) is 18.0 Å². The molecule has 1 unspecified atom stereocenters. The molecule has 13 heavy (non-hydrogen) atoms. The summed E-state index contributed by atoms with van der Waals surface area (Å²) in [5, 5.41) is 0. The molecule has 0 radical (unpaired) electrons. The van der Waals surface area contributed by atoms with Gasteiger partial charge in [-0.1, -0.05) is 0 Å². The molecular weight excluding hydrogens is 211 g/mol. The number of carbonyl (C=O) groups is 1. The minimum absolute atomic E-state index is 0. The monoisotopic (exact) mass is 221 g/mol. The van der Waals surface area contributed by atoms with Crippen molar-refractivity contribution >= 4 is 18.4 Å². The molecule has 0 saturated carbocycles. The molecule has 0 aromatic carbocycles. The molecule has 0 aliphatic carbocycles. The average molecular weight is 222 g/mol. The van der Waals surface area contributed by atoms with Crippen LogP contribution < -0.4 is 5.73 Å². The number of rotatable bonds is 5. The van der Waals surface area contributed by atoms with Gasteiger partial charge in [0.25, 0.3) is 0 Å². The Morgan fingerprint density at radius 2 is 2.08 bits per heavy atom. The maximum atomic E-state index is 12.1. The Balaban J connectivity index is 0. The average Bonchev–Trinajstić information content (AvgIpc) is 1.85. The fourth-order valence-electron chi connectivity index (χ4n) is 0.683. The predicted octanol–water partition coefficient (Wildman–Crippen LogP) is 1.25. The van der Waals surface area contributed by atoms with Gasteiger partial charge in [-0.05, 0) is 6.92 Å². The highest BCUT2D eigenvalue weighted by molar-refractivity contribution is 5.85. The van der Waals surface area contributed by atoms with Crippen LogP contribution in [-0.4, -0.2) is 24.8 Å². The molecule has 0 fully saturated rings. The van der Waals surface area contributed by atoms with Gasteiger partial charge in [-0.3, -0.25) is 10.5 Å². The second-order valence-electron chi connectivity index (χ2n) is 2.19. The van der Waals surface area contributed by atoms with Crippen LogP contribution in [0.1, 0.15) is 13.3 Å². The summed E-state index contributed by atoms with van der Waals surface area (Å²) in [6.07, 6.45) is -4.00. The van der Waals surface area contributed by atoms with Gasteiger partial charge in [0.15, 0.2) is 0 Å². The quantitative estimate of drug-likeness (QED) is 0.562. The normalized spacial score (nSPS) is 14.9. The zero-order valence-electron chi connectivity index (χ0n) is 6.93. The molecule has 0 aromatic rings. The Morgan fingerprint density at radius 3 is 2.31 bits per heavy atom. The van der Waals surface area contributed by atoms with E-state index < -0.39 is 24.6 Å². The molecule has 0 aliphatic rings. The number of nitrogens with two attached hydrogens (primary N) is 1. The molecule has 3 nitrogen and oxygen atoms in total. The van der Waals surface area contributed by atoms with E-state index in [4.69, 9.17) is 5.73 Å². The third-order valence-corrected chi connectivity index (χ3v) is 1.19. The highest BCUT2D eigenvalue weighted by atomic mass is 35.5. The van der Waals surface area contributed by atoms with E-state index in [-0.39, 0.29) is 19.0 Å². The molecule has 0 saturated heterocycles. The lowest BCUT2D eigenvalue weighted by atomic mass is 10.2. The minimum Gasteiger partial charge on any atom is -0.351 e. The highest BCUT2D eigenvalue weighted by Gasteiger charge is 2.38. The topological polar surface area (TPSA) is 52.3 Å². The lowest BCUT2D eigenvalue weighted by Gasteiger charge is -2.22. The zero-order valence-corrected chi connectivity index (χ0v) is 7.74. The van der Waals surface area contributed by atoms with E-state index in [0.717, 1.165) is 0 Å². The molecule has 0 heterocycles. The molecule has 80 valence electrons. The first-order valence-electron chi connectivity index (χ1n) is 3.33. The van der Waals surface area contributed by atoms with Crippen molar-refractivity contribution in [2.75, 3.05) is 6.61 Å². The van der Waals surface area contributed by atoms with Crippen molar-refractivity contribution in [3.63, 3.8) is 0 Å². The second kappa shape index (κ2) is 6.17. The van der Waals surface area contributed by atoms with Crippen molar-refractivity contribution in [1.29, 1.82) is 0 Å². The third kappa shape index (κ3) is 5.07. The summed E-state index contributed by atoms with van der Waals surface area (Å²) >= 11 is 0. The lowest BCUT2D eigenvalue weighted by Crippen LogP contribution is -2.50.